The maximum absolute atomic E-state index is 11.9. The minimum absolute atomic E-state index is 0.0175. The average molecular weight is 347 g/mol. The molecule has 0 radical (unpaired) electrons. The third kappa shape index (κ3) is 5.42. The van der Waals surface area contributed by atoms with Gasteiger partial charge in [-0.1, -0.05) is 32.6 Å². The highest BCUT2D eigenvalue weighted by atomic mass is 32.1. The first-order valence-corrected chi connectivity index (χ1v) is 8.98. The lowest BCUT2D eigenvalue weighted by Gasteiger charge is -2.01. The largest absolute Gasteiger partial charge is 0.302 e. The van der Waals surface area contributed by atoms with Gasteiger partial charge in [-0.3, -0.25) is 14.9 Å². The Bertz CT molecular complexity index is 683. The predicted molar refractivity (Wildman–Crippen MR) is 96.2 cm³/mol. The molecule has 7 heteroatoms. The van der Waals surface area contributed by atoms with Crippen LogP contribution in [0.15, 0.2) is 29.6 Å². The molecule has 24 heavy (non-hydrogen) atoms. The van der Waals surface area contributed by atoms with Gasteiger partial charge in [0.1, 0.15) is 0 Å². The van der Waals surface area contributed by atoms with Crippen molar-refractivity contribution in [2.45, 2.75) is 45.4 Å². The van der Waals surface area contributed by atoms with Crippen LogP contribution in [-0.4, -0.2) is 15.8 Å². The molecule has 0 fully saturated rings. The molecule has 0 unspecified atom stereocenters. The van der Waals surface area contributed by atoms with Crippen molar-refractivity contribution in [1.82, 2.24) is 4.98 Å². The molecule has 2 aromatic rings. The van der Waals surface area contributed by atoms with E-state index in [0.717, 1.165) is 18.4 Å². The van der Waals surface area contributed by atoms with Crippen LogP contribution in [0.4, 0.5) is 10.8 Å². The van der Waals surface area contributed by atoms with Crippen molar-refractivity contribution in [3.05, 3.63) is 39.8 Å². The molecule has 0 spiro atoms. The zero-order valence-corrected chi connectivity index (χ0v) is 14.5. The summed E-state index contributed by atoms with van der Waals surface area (Å²) in [5.74, 6) is -0.0175. The Kier molecular flexibility index (Phi) is 6.87. The van der Waals surface area contributed by atoms with Gasteiger partial charge in [0, 0.05) is 29.5 Å². The van der Waals surface area contributed by atoms with E-state index >= 15 is 0 Å². The van der Waals surface area contributed by atoms with Crippen molar-refractivity contribution in [3.8, 4) is 11.3 Å². The molecular weight excluding hydrogens is 326 g/mol. The Balaban J connectivity index is 1.86. The second kappa shape index (κ2) is 9.12. The van der Waals surface area contributed by atoms with Gasteiger partial charge >= 0.3 is 0 Å². The number of aromatic nitrogens is 1. The Hall–Kier alpha value is -2.28. The molecule has 0 aliphatic rings. The van der Waals surface area contributed by atoms with Gasteiger partial charge in [0.25, 0.3) is 5.69 Å². The molecule has 1 heterocycles. The number of amides is 1. The Morgan fingerprint density at radius 2 is 1.92 bits per heavy atom. The number of anilines is 1. The van der Waals surface area contributed by atoms with Crippen LogP contribution in [0.1, 0.15) is 45.4 Å². The van der Waals surface area contributed by atoms with E-state index in [0.29, 0.717) is 17.2 Å². The van der Waals surface area contributed by atoms with Crippen LogP contribution in [0.5, 0.6) is 0 Å². The van der Waals surface area contributed by atoms with Gasteiger partial charge in [-0.25, -0.2) is 4.98 Å². The summed E-state index contributed by atoms with van der Waals surface area (Å²) in [7, 11) is 0. The molecule has 128 valence electrons. The summed E-state index contributed by atoms with van der Waals surface area (Å²) >= 11 is 1.35. The molecule has 1 aromatic heterocycles. The van der Waals surface area contributed by atoms with Crippen LogP contribution in [0, 0.1) is 10.1 Å². The number of nitro groups is 1. The molecule has 1 amide bonds. The number of hydrogen-bond acceptors (Lipinski definition) is 5. The number of carbonyl (C=O) groups excluding carboxylic acids is 1. The van der Waals surface area contributed by atoms with Crippen molar-refractivity contribution in [2.24, 2.45) is 0 Å². The van der Waals surface area contributed by atoms with E-state index < -0.39 is 4.92 Å². The van der Waals surface area contributed by atoms with Gasteiger partial charge in [0.05, 0.1) is 10.6 Å². The van der Waals surface area contributed by atoms with Crippen LogP contribution in [0.25, 0.3) is 11.3 Å². The second-order valence-electron chi connectivity index (χ2n) is 5.55. The molecule has 6 nitrogen and oxygen atoms in total. The van der Waals surface area contributed by atoms with Gasteiger partial charge in [0.15, 0.2) is 5.13 Å². The number of nitrogens with one attached hydrogen (secondary N) is 1. The molecule has 0 saturated carbocycles. The fourth-order valence-corrected chi connectivity index (χ4v) is 3.02. The fraction of sp³-hybridized carbons (Fsp3) is 0.412. The van der Waals surface area contributed by atoms with Crippen molar-refractivity contribution in [3.63, 3.8) is 0 Å². The van der Waals surface area contributed by atoms with Crippen LogP contribution in [0.2, 0.25) is 0 Å². The van der Waals surface area contributed by atoms with E-state index in [1.54, 1.807) is 12.1 Å². The van der Waals surface area contributed by atoms with Crippen LogP contribution in [-0.2, 0) is 4.79 Å². The predicted octanol–water partition coefficient (Wildman–Crippen LogP) is 5.02. The lowest BCUT2D eigenvalue weighted by atomic mass is 10.1. The highest BCUT2D eigenvalue weighted by Gasteiger charge is 2.10. The third-order valence-electron chi connectivity index (χ3n) is 3.63. The standard InChI is InChI=1S/C17H21N3O3S/c1-2-3-4-5-6-7-16(21)19-17-18-15(12-24-17)13-8-10-14(11-9-13)20(22)23/h8-12H,2-7H2,1H3,(H,18,19,21). The summed E-state index contributed by atoms with van der Waals surface area (Å²) in [6, 6.07) is 6.21. The number of nitrogens with zero attached hydrogens (tertiary/aromatic N) is 2. The number of thiazole rings is 1. The zero-order chi connectivity index (χ0) is 17.4. The SMILES string of the molecule is CCCCCCCC(=O)Nc1nc(-c2ccc([N+](=O)[O-])cc2)cs1. The van der Waals surface area contributed by atoms with Gasteiger partial charge < -0.3 is 5.32 Å². The maximum atomic E-state index is 11.9. The average Bonchev–Trinajstić information content (AvgIpc) is 3.03. The smallest absolute Gasteiger partial charge is 0.269 e. The normalized spacial score (nSPS) is 10.5. The van der Waals surface area contributed by atoms with Crippen molar-refractivity contribution in [1.29, 1.82) is 0 Å². The first-order valence-electron chi connectivity index (χ1n) is 8.10. The molecule has 0 aliphatic heterocycles. The Morgan fingerprint density at radius 3 is 2.58 bits per heavy atom. The van der Waals surface area contributed by atoms with Crippen molar-refractivity contribution < 1.29 is 9.72 Å². The van der Waals surface area contributed by atoms with Crippen molar-refractivity contribution in [2.75, 3.05) is 5.32 Å². The summed E-state index contributed by atoms with van der Waals surface area (Å²) in [6.07, 6.45) is 6.06. The van der Waals surface area contributed by atoms with Gasteiger partial charge in [-0.2, -0.15) is 0 Å². The van der Waals surface area contributed by atoms with Crippen molar-refractivity contribution >= 4 is 28.1 Å². The van der Waals surface area contributed by atoms with Crippen LogP contribution in [0.3, 0.4) is 0 Å². The molecule has 1 aromatic carbocycles. The van der Waals surface area contributed by atoms with Crippen LogP contribution >= 0.6 is 11.3 Å². The number of unbranched alkanes of at least 4 members (excludes halogenated alkanes) is 4. The van der Waals surface area contributed by atoms with Gasteiger partial charge in [0.2, 0.25) is 5.91 Å². The topological polar surface area (TPSA) is 85.1 Å². The minimum atomic E-state index is -0.434. The zero-order valence-electron chi connectivity index (χ0n) is 13.7. The first kappa shape index (κ1) is 18.1. The van der Waals surface area contributed by atoms with E-state index in [9.17, 15) is 14.9 Å². The highest BCUT2D eigenvalue weighted by molar-refractivity contribution is 7.14. The highest BCUT2D eigenvalue weighted by Crippen LogP contribution is 2.26. The summed E-state index contributed by atoms with van der Waals surface area (Å²) in [5.41, 5.74) is 1.54. The molecule has 0 bridgehead atoms. The molecule has 2 rings (SSSR count). The third-order valence-corrected chi connectivity index (χ3v) is 4.39. The van der Waals surface area contributed by atoms with E-state index in [1.165, 1.54) is 42.7 Å². The maximum Gasteiger partial charge on any atom is 0.269 e. The summed E-state index contributed by atoms with van der Waals surface area (Å²) in [5, 5.41) is 15.9. The van der Waals surface area contributed by atoms with Crippen LogP contribution < -0.4 is 5.32 Å². The minimum Gasteiger partial charge on any atom is -0.302 e. The van der Waals surface area contributed by atoms with E-state index in [-0.39, 0.29) is 11.6 Å². The molecular formula is C17H21N3O3S. The molecule has 0 atom stereocenters. The molecule has 1 N–H and O–H groups in total. The van der Waals surface area contributed by atoms with Gasteiger partial charge in [-0.15, -0.1) is 11.3 Å². The Morgan fingerprint density at radius 1 is 1.21 bits per heavy atom. The first-order chi connectivity index (χ1) is 11.6. The number of non-ortho nitro benzene ring substituents is 1. The number of carbonyl (C=O) groups is 1. The summed E-state index contributed by atoms with van der Waals surface area (Å²) < 4.78 is 0. The number of hydrogen-bond donors (Lipinski definition) is 1. The molecule has 0 saturated heterocycles. The van der Waals surface area contributed by atoms with E-state index in [2.05, 4.69) is 17.2 Å². The Labute approximate surface area is 145 Å². The summed E-state index contributed by atoms with van der Waals surface area (Å²) in [6.45, 7) is 2.16. The van der Waals surface area contributed by atoms with E-state index in [4.69, 9.17) is 0 Å². The lowest BCUT2D eigenvalue weighted by molar-refractivity contribution is -0.384. The number of rotatable bonds is 9. The monoisotopic (exact) mass is 347 g/mol. The lowest BCUT2D eigenvalue weighted by Crippen LogP contribution is -2.10. The quantitative estimate of drug-likeness (QED) is 0.392. The number of benzene rings is 1. The fourth-order valence-electron chi connectivity index (χ4n) is 2.29. The number of nitro benzene ring substituents is 1. The molecule has 0 aliphatic carbocycles. The second-order valence-corrected chi connectivity index (χ2v) is 6.41. The van der Waals surface area contributed by atoms with E-state index in [1.807, 2.05) is 5.38 Å². The summed E-state index contributed by atoms with van der Waals surface area (Å²) in [4.78, 5) is 26.5. The van der Waals surface area contributed by atoms with Gasteiger partial charge in [-0.05, 0) is 18.6 Å².